The number of aryl methyl sites for hydroxylation is 1. The Bertz CT molecular complexity index is 451. The number of nitrogens with zero attached hydrogens (tertiary/aromatic N) is 1. The fourth-order valence-electron chi connectivity index (χ4n) is 2.97. The molecule has 2 rings (SSSR count). The number of ether oxygens (including phenoxy) is 1. The molecule has 96 valence electrons. The third-order valence-electron chi connectivity index (χ3n) is 3.69. The van der Waals surface area contributed by atoms with Crippen LogP contribution >= 0.6 is 0 Å². The monoisotopic (exact) mass is 243 g/mol. The number of nitriles is 1. The van der Waals surface area contributed by atoms with Crippen molar-refractivity contribution in [3.63, 3.8) is 0 Å². The smallest absolute Gasteiger partial charge is 0.137 e. The van der Waals surface area contributed by atoms with E-state index in [4.69, 9.17) is 10.00 Å². The van der Waals surface area contributed by atoms with Crippen molar-refractivity contribution in [1.82, 2.24) is 0 Å². The van der Waals surface area contributed by atoms with Crippen molar-refractivity contribution in [2.75, 3.05) is 0 Å². The van der Waals surface area contributed by atoms with Crippen molar-refractivity contribution in [2.45, 2.75) is 46.1 Å². The highest BCUT2D eigenvalue weighted by atomic mass is 16.5. The first-order valence-electron chi connectivity index (χ1n) is 6.76. The average molecular weight is 243 g/mol. The lowest BCUT2D eigenvalue weighted by Crippen LogP contribution is -2.28. The van der Waals surface area contributed by atoms with Gasteiger partial charge in [-0.25, -0.2) is 0 Å². The molecule has 18 heavy (non-hydrogen) atoms. The van der Waals surface area contributed by atoms with E-state index in [0.717, 1.165) is 24.2 Å². The van der Waals surface area contributed by atoms with E-state index >= 15 is 0 Å². The second-order valence-corrected chi connectivity index (χ2v) is 5.77. The molecule has 0 aromatic heterocycles. The highest BCUT2D eigenvalue weighted by Crippen LogP contribution is 2.32. The fourth-order valence-corrected chi connectivity index (χ4v) is 2.97. The maximum Gasteiger partial charge on any atom is 0.137 e. The summed E-state index contributed by atoms with van der Waals surface area (Å²) >= 11 is 0. The third-order valence-corrected chi connectivity index (χ3v) is 3.69. The second kappa shape index (κ2) is 5.44. The zero-order valence-electron chi connectivity index (χ0n) is 11.4. The molecule has 0 radical (unpaired) electrons. The Balaban J connectivity index is 2.13. The maximum absolute atomic E-state index is 9.11. The average Bonchev–Trinajstić information content (AvgIpc) is 2.27. The van der Waals surface area contributed by atoms with Crippen LogP contribution in [0.25, 0.3) is 0 Å². The van der Waals surface area contributed by atoms with Crippen LogP contribution < -0.4 is 4.74 Å². The van der Waals surface area contributed by atoms with E-state index in [9.17, 15) is 0 Å². The predicted molar refractivity (Wildman–Crippen MR) is 72.5 cm³/mol. The second-order valence-electron chi connectivity index (χ2n) is 5.77. The van der Waals surface area contributed by atoms with Crippen LogP contribution in [0.15, 0.2) is 18.2 Å². The first-order valence-corrected chi connectivity index (χ1v) is 6.76. The number of rotatable bonds is 2. The maximum atomic E-state index is 9.11. The van der Waals surface area contributed by atoms with Gasteiger partial charge in [0.05, 0.1) is 11.7 Å². The lowest BCUT2D eigenvalue weighted by molar-refractivity contribution is 0.101. The Hall–Kier alpha value is -1.49. The highest BCUT2D eigenvalue weighted by Gasteiger charge is 2.25. The van der Waals surface area contributed by atoms with Crippen LogP contribution in [-0.4, -0.2) is 6.10 Å². The highest BCUT2D eigenvalue weighted by molar-refractivity contribution is 5.45. The van der Waals surface area contributed by atoms with Crippen LogP contribution in [0.3, 0.4) is 0 Å². The Morgan fingerprint density at radius 2 is 1.83 bits per heavy atom. The molecule has 1 saturated carbocycles. The Morgan fingerprint density at radius 3 is 2.44 bits per heavy atom. The summed E-state index contributed by atoms with van der Waals surface area (Å²) in [7, 11) is 0. The Labute approximate surface area is 110 Å². The topological polar surface area (TPSA) is 33.0 Å². The van der Waals surface area contributed by atoms with Gasteiger partial charge in [0, 0.05) is 0 Å². The van der Waals surface area contributed by atoms with Gasteiger partial charge < -0.3 is 4.74 Å². The van der Waals surface area contributed by atoms with E-state index in [-0.39, 0.29) is 6.10 Å². The van der Waals surface area contributed by atoms with E-state index in [1.54, 1.807) is 0 Å². The third kappa shape index (κ3) is 3.04. The van der Waals surface area contributed by atoms with Gasteiger partial charge in [0.2, 0.25) is 0 Å². The summed E-state index contributed by atoms with van der Waals surface area (Å²) in [4.78, 5) is 0. The van der Waals surface area contributed by atoms with Crippen LogP contribution in [0.1, 0.15) is 44.2 Å². The van der Waals surface area contributed by atoms with Gasteiger partial charge in [-0.2, -0.15) is 5.26 Å². The van der Waals surface area contributed by atoms with Crippen LogP contribution in [-0.2, 0) is 0 Å². The molecule has 1 aromatic carbocycles. The summed E-state index contributed by atoms with van der Waals surface area (Å²) in [5.41, 5.74) is 1.78. The summed E-state index contributed by atoms with van der Waals surface area (Å²) in [6.07, 6.45) is 3.75. The van der Waals surface area contributed by atoms with E-state index in [1.165, 1.54) is 6.42 Å². The molecule has 0 heterocycles. The molecule has 1 aliphatic carbocycles. The van der Waals surface area contributed by atoms with Crippen LogP contribution in [0.5, 0.6) is 5.75 Å². The molecule has 1 aliphatic rings. The zero-order chi connectivity index (χ0) is 13.1. The van der Waals surface area contributed by atoms with E-state index < -0.39 is 0 Å². The molecule has 2 nitrogen and oxygen atoms in total. The molecule has 0 N–H and O–H groups in total. The fraction of sp³-hybridized carbons (Fsp3) is 0.562. The van der Waals surface area contributed by atoms with Crippen molar-refractivity contribution in [3.05, 3.63) is 29.3 Å². The summed E-state index contributed by atoms with van der Waals surface area (Å²) in [5, 5.41) is 9.11. The molecule has 2 atom stereocenters. The number of benzene rings is 1. The zero-order valence-corrected chi connectivity index (χ0v) is 11.4. The standard InChI is InChI=1S/C16H21NO/c1-11-4-5-14(10-17)16(9-11)18-15-7-12(2)6-13(3)8-15/h4-5,9,12-13,15H,6-8H2,1-3H3. The minimum Gasteiger partial charge on any atom is -0.489 e. The predicted octanol–water partition coefficient (Wildman–Crippen LogP) is 4.07. The van der Waals surface area contributed by atoms with Gasteiger partial charge in [-0.15, -0.1) is 0 Å². The van der Waals surface area contributed by atoms with Crippen LogP contribution in [0.2, 0.25) is 0 Å². The molecule has 0 aliphatic heterocycles. The van der Waals surface area contributed by atoms with E-state index in [2.05, 4.69) is 19.9 Å². The van der Waals surface area contributed by atoms with Gasteiger partial charge in [0.25, 0.3) is 0 Å². The Kier molecular flexibility index (Phi) is 3.91. The number of hydrogen-bond donors (Lipinski definition) is 0. The van der Waals surface area contributed by atoms with Gasteiger partial charge in [-0.05, 0) is 55.7 Å². The number of hydrogen-bond acceptors (Lipinski definition) is 2. The van der Waals surface area contributed by atoms with Crippen LogP contribution in [0.4, 0.5) is 0 Å². The molecule has 0 spiro atoms. The minimum atomic E-state index is 0.262. The lowest BCUT2D eigenvalue weighted by Gasteiger charge is -2.32. The van der Waals surface area contributed by atoms with Gasteiger partial charge >= 0.3 is 0 Å². The first kappa shape index (κ1) is 13.0. The summed E-state index contributed by atoms with van der Waals surface area (Å²) < 4.78 is 6.08. The van der Waals surface area contributed by atoms with Crippen molar-refractivity contribution >= 4 is 0 Å². The van der Waals surface area contributed by atoms with Crippen LogP contribution in [0, 0.1) is 30.1 Å². The van der Waals surface area contributed by atoms with Gasteiger partial charge in [0.1, 0.15) is 11.8 Å². The quantitative estimate of drug-likeness (QED) is 0.784. The normalized spacial score (nSPS) is 27.6. The summed E-state index contributed by atoms with van der Waals surface area (Å²) in [5.74, 6) is 2.19. The molecule has 0 amide bonds. The molecule has 0 bridgehead atoms. The van der Waals surface area contributed by atoms with Crippen molar-refractivity contribution < 1.29 is 4.74 Å². The summed E-state index contributed by atoms with van der Waals surface area (Å²) in [6, 6.07) is 7.99. The molecule has 1 fully saturated rings. The summed E-state index contributed by atoms with van der Waals surface area (Å²) in [6.45, 7) is 6.60. The SMILES string of the molecule is Cc1ccc(C#N)c(OC2CC(C)CC(C)C2)c1. The lowest BCUT2D eigenvalue weighted by atomic mass is 9.82. The van der Waals surface area contributed by atoms with Crippen molar-refractivity contribution in [1.29, 1.82) is 5.26 Å². The molecular formula is C16H21NO. The molecule has 2 heteroatoms. The van der Waals surface area contributed by atoms with Gasteiger partial charge in [-0.1, -0.05) is 19.9 Å². The molecule has 0 saturated heterocycles. The van der Waals surface area contributed by atoms with Crippen molar-refractivity contribution in [2.24, 2.45) is 11.8 Å². The van der Waals surface area contributed by atoms with E-state index in [1.807, 2.05) is 25.1 Å². The first-order chi connectivity index (χ1) is 8.58. The van der Waals surface area contributed by atoms with Gasteiger partial charge in [-0.3, -0.25) is 0 Å². The molecule has 2 unspecified atom stereocenters. The van der Waals surface area contributed by atoms with Crippen molar-refractivity contribution in [3.8, 4) is 11.8 Å². The largest absolute Gasteiger partial charge is 0.489 e. The van der Waals surface area contributed by atoms with Gasteiger partial charge in [0.15, 0.2) is 0 Å². The minimum absolute atomic E-state index is 0.262. The molecule has 1 aromatic rings. The Morgan fingerprint density at radius 1 is 1.17 bits per heavy atom. The molecular weight excluding hydrogens is 222 g/mol. The van der Waals surface area contributed by atoms with E-state index in [0.29, 0.717) is 17.4 Å².